The third-order valence-corrected chi connectivity index (χ3v) is 4.67. The molecule has 2 aromatic rings. The average molecular weight is 291 g/mol. The van der Waals surface area contributed by atoms with Crippen LogP contribution in [-0.4, -0.2) is 19.1 Å². The number of rotatable bonds is 0. The highest BCUT2D eigenvalue weighted by atomic mass is 16.5. The van der Waals surface area contributed by atoms with Gasteiger partial charge < -0.3 is 14.8 Å². The third kappa shape index (κ3) is 1.30. The van der Waals surface area contributed by atoms with Crippen molar-refractivity contribution in [2.24, 2.45) is 0 Å². The normalized spacial score (nSPS) is 23.4. The summed E-state index contributed by atoms with van der Waals surface area (Å²) < 4.78 is 11.6. The summed E-state index contributed by atoms with van der Waals surface area (Å²) in [4.78, 5) is 12.7. The Kier molecular flexibility index (Phi) is 2.11. The first-order valence-corrected chi connectivity index (χ1v) is 7.31. The van der Waals surface area contributed by atoms with Crippen molar-refractivity contribution in [1.82, 2.24) is 0 Å². The molecule has 4 heteroatoms. The molecule has 0 fully saturated rings. The first-order valence-electron chi connectivity index (χ1n) is 7.31. The van der Waals surface area contributed by atoms with E-state index < -0.39 is 5.41 Å². The molecule has 1 spiro atoms. The molecule has 0 saturated carbocycles. The largest absolute Gasteiger partial charge is 0.491 e. The quantitative estimate of drug-likeness (QED) is 0.812. The van der Waals surface area contributed by atoms with Gasteiger partial charge in [-0.25, -0.2) is 0 Å². The Morgan fingerprint density at radius 2 is 1.95 bits per heavy atom. The van der Waals surface area contributed by atoms with E-state index in [-0.39, 0.29) is 5.91 Å². The van der Waals surface area contributed by atoms with Crippen LogP contribution in [0.1, 0.15) is 16.7 Å². The number of fused-ring (bicyclic) bond motifs is 5. The molecule has 3 aliphatic heterocycles. The first kappa shape index (κ1) is 11.9. The molecule has 0 bridgehead atoms. The van der Waals surface area contributed by atoms with Gasteiger partial charge in [-0.1, -0.05) is 24.3 Å². The highest BCUT2D eigenvalue weighted by Gasteiger charge is 2.54. The summed E-state index contributed by atoms with van der Waals surface area (Å²) in [6.07, 6.45) is 3.99. The Labute approximate surface area is 127 Å². The second kappa shape index (κ2) is 3.91. The van der Waals surface area contributed by atoms with Crippen molar-refractivity contribution >= 4 is 17.7 Å². The van der Waals surface area contributed by atoms with Gasteiger partial charge in [0.25, 0.3) is 0 Å². The average Bonchev–Trinajstić information content (AvgIpc) is 3.06. The lowest BCUT2D eigenvalue weighted by atomic mass is 9.77. The Bertz CT molecular complexity index is 855. The van der Waals surface area contributed by atoms with Crippen LogP contribution >= 0.6 is 0 Å². The minimum absolute atomic E-state index is 0.0289. The second-order valence-corrected chi connectivity index (χ2v) is 5.79. The zero-order valence-electron chi connectivity index (χ0n) is 11.8. The number of para-hydroxylation sites is 1. The molecule has 0 aliphatic carbocycles. The Morgan fingerprint density at radius 1 is 1.05 bits per heavy atom. The monoisotopic (exact) mass is 291 g/mol. The number of hydrogen-bond acceptors (Lipinski definition) is 3. The number of benzene rings is 2. The van der Waals surface area contributed by atoms with Crippen LogP contribution in [0.25, 0.3) is 6.08 Å². The van der Waals surface area contributed by atoms with Crippen LogP contribution in [-0.2, 0) is 10.2 Å². The summed E-state index contributed by atoms with van der Waals surface area (Å²) in [5.41, 5.74) is 2.97. The minimum atomic E-state index is -0.758. The smallest absolute Gasteiger partial charge is 0.243 e. The SMILES string of the molecule is O=C1Nc2ccccc2C12COc1cc3c(cc12)OCC=C3. The Balaban J connectivity index is 1.78. The molecule has 1 atom stereocenters. The van der Waals surface area contributed by atoms with E-state index in [9.17, 15) is 4.79 Å². The van der Waals surface area contributed by atoms with Gasteiger partial charge in [0, 0.05) is 16.8 Å². The van der Waals surface area contributed by atoms with Gasteiger partial charge >= 0.3 is 0 Å². The third-order valence-electron chi connectivity index (χ3n) is 4.67. The van der Waals surface area contributed by atoms with Crippen molar-refractivity contribution in [3.8, 4) is 11.5 Å². The van der Waals surface area contributed by atoms with E-state index in [1.54, 1.807) is 0 Å². The molecule has 1 unspecified atom stereocenters. The van der Waals surface area contributed by atoms with Gasteiger partial charge in [0.05, 0.1) is 0 Å². The number of carbonyl (C=O) groups is 1. The van der Waals surface area contributed by atoms with Crippen LogP contribution in [0, 0.1) is 0 Å². The van der Waals surface area contributed by atoms with Crippen molar-refractivity contribution in [2.75, 3.05) is 18.5 Å². The van der Waals surface area contributed by atoms with Crippen LogP contribution in [0.3, 0.4) is 0 Å². The summed E-state index contributed by atoms with van der Waals surface area (Å²) in [7, 11) is 0. The zero-order chi connectivity index (χ0) is 14.7. The highest BCUT2D eigenvalue weighted by molar-refractivity contribution is 6.10. The van der Waals surface area contributed by atoms with Crippen molar-refractivity contribution < 1.29 is 14.3 Å². The Hall–Kier alpha value is -2.75. The molecule has 0 saturated heterocycles. The van der Waals surface area contributed by atoms with Gasteiger partial charge in [0.15, 0.2) is 0 Å². The molecule has 3 aliphatic rings. The fourth-order valence-corrected chi connectivity index (χ4v) is 3.59. The standard InChI is InChI=1S/C18H13NO3/c20-17-18(12-5-1-2-6-14(12)19-17)10-22-16-8-11-4-3-7-21-15(11)9-13(16)18/h1-6,8-9H,7,10H2,(H,19,20). The van der Waals surface area contributed by atoms with Crippen LogP contribution in [0.5, 0.6) is 11.5 Å². The second-order valence-electron chi connectivity index (χ2n) is 5.79. The van der Waals surface area contributed by atoms with Gasteiger partial charge in [0.2, 0.25) is 5.91 Å². The van der Waals surface area contributed by atoms with Crippen molar-refractivity contribution in [1.29, 1.82) is 0 Å². The molecule has 1 N–H and O–H groups in total. The van der Waals surface area contributed by atoms with E-state index in [2.05, 4.69) is 5.32 Å². The van der Waals surface area contributed by atoms with Crippen LogP contribution in [0.2, 0.25) is 0 Å². The number of ether oxygens (including phenoxy) is 2. The number of hydrogen-bond donors (Lipinski definition) is 1. The van der Waals surface area contributed by atoms with Gasteiger partial charge in [-0.3, -0.25) is 4.79 Å². The molecule has 2 aromatic carbocycles. The summed E-state index contributed by atoms with van der Waals surface area (Å²) in [5.74, 6) is 1.54. The van der Waals surface area contributed by atoms with Crippen molar-refractivity contribution in [3.63, 3.8) is 0 Å². The highest BCUT2D eigenvalue weighted by Crippen LogP contribution is 2.51. The van der Waals surface area contributed by atoms with Crippen LogP contribution < -0.4 is 14.8 Å². The topological polar surface area (TPSA) is 47.6 Å². The molecule has 4 nitrogen and oxygen atoms in total. The predicted octanol–water partition coefficient (Wildman–Crippen LogP) is 2.72. The maximum atomic E-state index is 12.7. The van der Waals surface area contributed by atoms with Crippen molar-refractivity contribution in [3.05, 3.63) is 59.2 Å². The molecule has 108 valence electrons. The van der Waals surface area contributed by atoms with Crippen LogP contribution in [0.4, 0.5) is 5.69 Å². The molecule has 3 heterocycles. The lowest BCUT2D eigenvalue weighted by molar-refractivity contribution is -0.119. The van der Waals surface area contributed by atoms with Crippen molar-refractivity contribution in [2.45, 2.75) is 5.41 Å². The molecule has 0 radical (unpaired) electrons. The summed E-state index contributed by atoms with van der Waals surface area (Å²) in [6, 6.07) is 11.7. The van der Waals surface area contributed by atoms with E-state index in [4.69, 9.17) is 9.47 Å². The van der Waals surface area contributed by atoms with Gasteiger partial charge in [0.1, 0.15) is 30.1 Å². The number of carbonyl (C=O) groups excluding carboxylic acids is 1. The molecule has 0 aromatic heterocycles. The van der Waals surface area contributed by atoms with E-state index >= 15 is 0 Å². The van der Waals surface area contributed by atoms with Gasteiger partial charge in [-0.15, -0.1) is 0 Å². The number of nitrogens with one attached hydrogen (secondary N) is 1. The number of anilines is 1. The summed E-state index contributed by atoms with van der Waals surface area (Å²) in [5, 5.41) is 2.98. The van der Waals surface area contributed by atoms with E-state index in [1.807, 2.05) is 48.6 Å². The molecule has 22 heavy (non-hydrogen) atoms. The summed E-state index contributed by atoms with van der Waals surface area (Å²) in [6.45, 7) is 0.889. The predicted molar refractivity (Wildman–Crippen MR) is 82.3 cm³/mol. The number of amides is 1. The maximum Gasteiger partial charge on any atom is 0.243 e. The molecule has 5 rings (SSSR count). The van der Waals surface area contributed by atoms with Gasteiger partial charge in [-0.2, -0.15) is 0 Å². The van der Waals surface area contributed by atoms with Gasteiger partial charge in [-0.05, 0) is 29.8 Å². The molecular weight excluding hydrogens is 278 g/mol. The fraction of sp³-hybridized carbons (Fsp3) is 0.167. The minimum Gasteiger partial charge on any atom is -0.491 e. The lowest BCUT2D eigenvalue weighted by Crippen LogP contribution is -2.37. The fourth-order valence-electron chi connectivity index (χ4n) is 3.59. The maximum absolute atomic E-state index is 12.7. The zero-order valence-corrected chi connectivity index (χ0v) is 11.8. The first-order chi connectivity index (χ1) is 10.8. The molecular formula is C18H13NO3. The van der Waals surface area contributed by atoms with E-state index in [0.29, 0.717) is 13.2 Å². The van der Waals surface area contributed by atoms with E-state index in [0.717, 1.165) is 33.9 Å². The lowest BCUT2D eigenvalue weighted by Gasteiger charge is -2.21. The Morgan fingerprint density at radius 3 is 2.91 bits per heavy atom. The summed E-state index contributed by atoms with van der Waals surface area (Å²) >= 11 is 0. The molecule has 1 amide bonds. The van der Waals surface area contributed by atoms with Crippen LogP contribution in [0.15, 0.2) is 42.5 Å². The van der Waals surface area contributed by atoms with E-state index in [1.165, 1.54) is 0 Å².